The molecule has 0 saturated heterocycles. The first kappa shape index (κ1) is 16.1. The van der Waals surface area contributed by atoms with Crippen molar-refractivity contribution in [3.63, 3.8) is 0 Å². The Morgan fingerprint density at radius 1 is 1.00 bits per heavy atom. The molecule has 0 saturated carbocycles. The van der Waals surface area contributed by atoms with Crippen LogP contribution in [0, 0.1) is 0 Å². The molecule has 0 spiro atoms. The van der Waals surface area contributed by atoms with Gasteiger partial charge in [-0.15, -0.1) is 10.2 Å². The fourth-order valence-electron chi connectivity index (χ4n) is 2.43. The molecule has 0 bridgehead atoms. The highest BCUT2D eigenvalue weighted by molar-refractivity contribution is 5.84. The summed E-state index contributed by atoms with van der Waals surface area (Å²) in [6, 6.07) is 12.8. The third kappa shape index (κ3) is 3.21. The van der Waals surface area contributed by atoms with Crippen molar-refractivity contribution < 1.29 is 17.9 Å². The highest BCUT2D eigenvalue weighted by Gasteiger charge is 2.17. The molecule has 26 heavy (non-hydrogen) atoms. The lowest BCUT2D eigenvalue weighted by molar-refractivity contribution is 0.116. The van der Waals surface area contributed by atoms with Gasteiger partial charge in [-0.2, -0.15) is 8.78 Å². The molecule has 6 nitrogen and oxygen atoms in total. The number of pyridine rings is 2. The molecule has 0 aliphatic heterocycles. The zero-order valence-electron chi connectivity index (χ0n) is 13.3. The van der Waals surface area contributed by atoms with E-state index in [2.05, 4.69) is 20.2 Å². The second kappa shape index (κ2) is 6.83. The minimum absolute atomic E-state index is 0.000367. The number of fused-ring (bicyclic) bond motifs is 1. The van der Waals surface area contributed by atoms with E-state index in [4.69, 9.17) is 9.15 Å². The van der Waals surface area contributed by atoms with Crippen molar-refractivity contribution in [3.05, 3.63) is 66.4 Å². The van der Waals surface area contributed by atoms with Gasteiger partial charge >= 0.3 is 6.43 Å². The molecule has 130 valence electrons. The lowest BCUT2D eigenvalue weighted by atomic mass is 10.2. The van der Waals surface area contributed by atoms with Crippen molar-refractivity contribution in [1.82, 2.24) is 20.2 Å². The highest BCUT2D eigenvalue weighted by atomic mass is 19.3. The number of aromatic nitrogens is 4. The molecule has 3 aromatic heterocycles. The standard InChI is InChI=1S/C18H12F2N4O2/c19-16(20)18-24-23-17(26-18)11-6-7-12(22-9-11)10-25-15-5-1-4-14-13(15)3-2-8-21-14/h1-9,16H,10H2. The van der Waals surface area contributed by atoms with Crippen LogP contribution in [0.25, 0.3) is 22.4 Å². The predicted octanol–water partition coefficient (Wildman–Crippen LogP) is 4.20. The van der Waals surface area contributed by atoms with E-state index in [1.165, 1.54) is 6.20 Å². The van der Waals surface area contributed by atoms with Crippen LogP contribution in [0.2, 0.25) is 0 Å². The van der Waals surface area contributed by atoms with E-state index in [1.54, 1.807) is 18.3 Å². The lowest BCUT2D eigenvalue weighted by Crippen LogP contribution is -1.99. The van der Waals surface area contributed by atoms with E-state index in [9.17, 15) is 8.78 Å². The first-order valence-electron chi connectivity index (χ1n) is 7.74. The van der Waals surface area contributed by atoms with E-state index >= 15 is 0 Å². The van der Waals surface area contributed by atoms with Gasteiger partial charge in [-0.05, 0) is 36.4 Å². The van der Waals surface area contributed by atoms with Gasteiger partial charge in [0.05, 0.1) is 16.8 Å². The number of hydrogen-bond donors (Lipinski definition) is 0. The molecule has 4 aromatic rings. The average molecular weight is 354 g/mol. The van der Waals surface area contributed by atoms with Crippen LogP contribution in [0.3, 0.4) is 0 Å². The molecule has 0 N–H and O–H groups in total. The Balaban J connectivity index is 1.49. The van der Waals surface area contributed by atoms with E-state index in [0.29, 0.717) is 17.0 Å². The maximum absolute atomic E-state index is 12.5. The van der Waals surface area contributed by atoms with Crippen LogP contribution in [0.15, 0.2) is 59.3 Å². The summed E-state index contributed by atoms with van der Waals surface area (Å²) >= 11 is 0. The summed E-state index contributed by atoms with van der Waals surface area (Å²) in [6.07, 6.45) is 0.405. The van der Waals surface area contributed by atoms with E-state index in [-0.39, 0.29) is 12.5 Å². The highest BCUT2D eigenvalue weighted by Crippen LogP contribution is 2.25. The molecular weight excluding hydrogens is 342 g/mol. The largest absolute Gasteiger partial charge is 0.487 e. The summed E-state index contributed by atoms with van der Waals surface area (Å²) in [4.78, 5) is 8.53. The van der Waals surface area contributed by atoms with Crippen LogP contribution in [0.1, 0.15) is 18.0 Å². The Hall–Kier alpha value is -3.42. The summed E-state index contributed by atoms with van der Waals surface area (Å²) in [5.74, 6) is -0.00248. The fourth-order valence-corrected chi connectivity index (χ4v) is 2.43. The predicted molar refractivity (Wildman–Crippen MR) is 88.6 cm³/mol. The van der Waals surface area contributed by atoms with Crippen LogP contribution in [0.4, 0.5) is 8.78 Å². The number of ether oxygens (including phenoxy) is 1. The summed E-state index contributed by atoms with van der Waals surface area (Å²) in [5.41, 5.74) is 1.98. The van der Waals surface area contributed by atoms with Gasteiger partial charge in [0.25, 0.3) is 5.89 Å². The minimum atomic E-state index is -2.80. The fraction of sp³-hybridized carbons (Fsp3) is 0.111. The smallest absolute Gasteiger partial charge is 0.314 e. The number of alkyl halides is 2. The molecule has 8 heteroatoms. The molecule has 0 amide bonds. The molecule has 0 atom stereocenters. The van der Waals surface area contributed by atoms with Crippen molar-refractivity contribution in [2.24, 2.45) is 0 Å². The second-order valence-corrected chi connectivity index (χ2v) is 5.40. The first-order valence-corrected chi connectivity index (χ1v) is 7.74. The van der Waals surface area contributed by atoms with Crippen LogP contribution < -0.4 is 4.74 Å². The zero-order chi connectivity index (χ0) is 17.9. The van der Waals surface area contributed by atoms with Gasteiger partial charge in [-0.3, -0.25) is 9.97 Å². The summed E-state index contributed by atoms with van der Waals surface area (Å²) in [7, 11) is 0. The average Bonchev–Trinajstić information content (AvgIpc) is 3.17. The molecule has 0 aliphatic rings. The monoisotopic (exact) mass is 354 g/mol. The SMILES string of the molecule is FC(F)c1nnc(-c2ccc(COc3cccc4ncccc34)nc2)o1. The van der Waals surface area contributed by atoms with Crippen molar-refractivity contribution in [2.75, 3.05) is 0 Å². The maximum atomic E-state index is 12.5. The molecule has 0 radical (unpaired) electrons. The topological polar surface area (TPSA) is 73.9 Å². The molecule has 4 rings (SSSR count). The van der Waals surface area contributed by atoms with E-state index in [0.717, 1.165) is 10.9 Å². The van der Waals surface area contributed by atoms with E-state index in [1.807, 2.05) is 30.3 Å². The van der Waals surface area contributed by atoms with Gasteiger partial charge < -0.3 is 9.15 Å². The van der Waals surface area contributed by atoms with Crippen molar-refractivity contribution in [1.29, 1.82) is 0 Å². The summed E-state index contributed by atoms with van der Waals surface area (Å²) in [6.45, 7) is 0.250. The summed E-state index contributed by atoms with van der Waals surface area (Å²) < 4.78 is 35.7. The normalized spacial score (nSPS) is 11.2. The molecule has 1 aromatic carbocycles. The van der Waals surface area contributed by atoms with Gasteiger partial charge in [0.15, 0.2) is 0 Å². The van der Waals surface area contributed by atoms with Crippen molar-refractivity contribution in [3.8, 4) is 17.2 Å². The molecular formula is C18H12F2N4O2. The lowest BCUT2D eigenvalue weighted by Gasteiger charge is -2.08. The van der Waals surface area contributed by atoms with Gasteiger partial charge in [0.2, 0.25) is 5.89 Å². The number of halogens is 2. The Labute approximate surface area is 146 Å². The Kier molecular flexibility index (Phi) is 4.22. The van der Waals surface area contributed by atoms with Gasteiger partial charge in [-0.25, -0.2) is 0 Å². The Morgan fingerprint density at radius 2 is 1.92 bits per heavy atom. The molecule has 0 aliphatic carbocycles. The zero-order valence-corrected chi connectivity index (χ0v) is 13.3. The van der Waals surface area contributed by atoms with Gasteiger partial charge in [0, 0.05) is 17.8 Å². The van der Waals surface area contributed by atoms with E-state index < -0.39 is 12.3 Å². The Bertz CT molecular complexity index is 1030. The van der Waals surface area contributed by atoms with Crippen molar-refractivity contribution >= 4 is 10.9 Å². The van der Waals surface area contributed by atoms with Crippen LogP contribution >= 0.6 is 0 Å². The van der Waals surface area contributed by atoms with Crippen LogP contribution in [-0.2, 0) is 6.61 Å². The van der Waals surface area contributed by atoms with Crippen molar-refractivity contribution in [2.45, 2.75) is 13.0 Å². The second-order valence-electron chi connectivity index (χ2n) is 5.40. The van der Waals surface area contributed by atoms with Gasteiger partial charge in [0.1, 0.15) is 12.4 Å². The van der Waals surface area contributed by atoms with Crippen LogP contribution in [-0.4, -0.2) is 20.2 Å². The number of benzene rings is 1. The van der Waals surface area contributed by atoms with Gasteiger partial charge in [-0.1, -0.05) is 6.07 Å². The molecule has 3 heterocycles. The van der Waals surface area contributed by atoms with Crippen LogP contribution in [0.5, 0.6) is 5.75 Å². The summed E-state index contributed by atoms with van der Waals surface area (Å²) in [5, 5.41) is 7.80. The number of hydrogen-bond acceptors (Lipinski definition) is 6. The minimum Gasteiger partial charge on any atom is -0.487 e. The third-order valence-corrected chi connectivity index (χ3v) is 3.68. The molecule has 0 fully saturated rings. The number of nitrogens with zero attached hydrogens (tertiary/aromatic N) is 4. The Morgan fingerprint density at radius 3 is 2.69 bits per heavy atom. The third-order valence-electron chi connectivity index (χ3n) is 3.68. The molecule has 0 unspecified atom stereocenters. The first-order chi connectivity index (χ1) is 12.7. The number of rotatable bonds is 5. The quantitative estimate of drug-likeness (QED) is 0.535. The maximum Gasteiger partial charge on any atom is 0.314 e.